The molecule has 1 atom stereocenters. The van der Waals surface area contributed by atoms with E-state index in [4.69, 9.17) is 15.0 Å². The van der Waals surface area contributed by atoms with Crippen LogP contribution in [0.2, 0.25) is 0 Å². The summed E-state index contributed by atoms with van der Waals surface area (Å²) in [6, 6.07) is 4.46. The van der Waals surface area contributed by atoms with Gasteiger partial charge in [-0.15, -0.1) is 0 Å². The van der Waals surface area contributed by atoms with E-state index in [-0.39, 0.29) is 35.9 Å². The molecule has 4 nitrogen and oxygen atoms in total. The van der Waals surface area contributed by atoms with E-state index in [0.717, 1.165) is 0 Å². The van der Waals surface area contributed by atoms with Crippen molar-refractivity contribution in [3.8, 4) is 5.75 Å². The second-order valence-electron chi connectivity index (χ2n) is 2.15. The largest absolute Gasteiger partial charge is 1.00 e. The standard InChI is InChI=1S/C7H9NO3S.Na.H/c1-11-7-3-2-5(12(9)10)4-6(7)8;;/h2-4H,8H2,1H3,(H,9,10);;/q;+1;-1. The number of hydrogen-bond donors (Lipinski definition) is 2. The van der Waals surface area contributed by atoms with E-state index in [2.05, 4.69) is 0 Å². The number of nitrogens with two attached hydrogens (primary N) is 1. The minimum atomic E-state index is -1.99. The van der Waals surface area contributed by atoms with Gasteiger partial charge in [-0.05, 0) is 18.2 Å². The molecule has 13 heavy (non-hydrogen) atoms. The van der Waals surface area contributed by atoms with Gasteiger partial charge >= 0.3 is 29.6 Å². The van der Waals surface area contributed by atoms with Crippen molar-refractivity contribution in [1.82, 2.24) is 0 Å². The maximum Gasteiger partial charge on any atom is 1.00 e. The first-order valence-electron chi connectivity index (χ1n) is 3.19. The van der Waals surface area contributed by atoms with Crippen LogP contribution in [0.3, 0.4) is 0 Å². The van der Waals surface area contributed by atoms with Gasteiger partial charge in [0.05, 0.1) is 17.7 Å². The van der Waals surface area contributed by atoms with Gasteiger partial charge < -0.3 is 16.4 Å². The van der Waals surface area contributed by atoms with Crippen molar-refractivity contribution in [1.29, 1.82) is 0 Å². The summed E-state index contributed by atoms with van der Waals surface area (Å²) in [5.41, 5.74) is 5.86. The number of benzene rings is 1. The number of methoxy groups -OCH3 is 1. The van der Waals surface area contributed by atoms with Crippen LogP contribution in [-0.2, 0) is 11.1 Å². The number of hydrogen-bond acceptors (Lipinski definition) is 3. The maximum atomic E-state index is 10.6. The number of rotatable bonds is 2. The fourth-order valence-electron chi connectivity index (χ4n) is 0.821. The molecule has 68 valence electrons. The summed E-state index contributed by atoms with van der Waals surface area (Å²) < 4.78 is 24.1. The Morgan fingerprint density at radius 3 is 2.62 bits per heavy atom. The van der Waals surface area contributed by atoms with Gasteiger partial charge in [-0.25, -0.2) is 4.21 Å². The third kappa shape index (κ3) is 3.28. The summed E-state index contributed by atoms with van der Waals surface area (Å²) in [4.78, 5) is 0.272. The molecular formula is C7H10NNaO3S. The summed E-state index contributed by atoms with van der Waals surface area (Å²) in [6.07, 6.45) is 0. The number of ether oxygens (including phenoxy) is 1. The molecule has 0 heterocycles. The van der Waals surface area contributed by atoms with Crippen LogP contribution in [-0.4, -0.2) is 15.9 Å². The van der Waals surface area contributed by atoms with E-state index >= 15 is 0 Å². The van der Waals surface area contributed by atoms with Crippen molar-refractivity contribution in [2.45, 2.75) is 4.90 Å². The Labute approximate surface area is 103 Å². The molecule has 0 amide bonds. The molecule has 0 aliphatic carbocycles. The Balaban J connectivity index is 0. The van der Waals surface area contributed by atoms with Crippen LogP contribution in [0.4, 0.5) is 5.69 Å². The minimum Gasteiger partial charge on any atom is -1.00 e. The average Bonchev–Trinajstić information content (AvgIpc) is 2.04. The molecule has 0 aromatic heterocycles. The fourth-order valence-corrected chi connectivity index (χ4v) is 1.23. The molecule has 0 aliphatic heterocycles. The van der Waals surface area contributed by atoms with Crippen LogP contribution in [0.25, 0.3) is 0 Å². The summed E-state index contributed by atoms with van der Waals surface area (Å²) in [6.45, 7) is 0. The second kappa shape index (κ2) is 5.62. The van der Waals surface area contributed by atoms with Crippen LogP contribution in [0.1, 0.15) is 1.43 Å². The van der Waals surface area contributed by atoms with Gasteiger partial charge in [-0.2, -0.15) is 0 Å². The van der Waals surface area contributed by atoms with Crippen molar-refractivity contribution < 1.29 is 44.5 Å². The van der Waals surface area contributed by atoms with Gasteiger partial charge in [0.1, 0.15) is 5.75 Å². The van der Waals surface area contributed by atoms with Crippen molar-refractivity contribution in [3.63, 3.8) is 0 Å². The molecule has 6 heteroatoms. The second-order valence-corrected chi connectivity index (χ2v) is 3.12. The molecule has 0 aliphatic rings. The van der Waals surface area contributed by atoms with Crippen LogP contribution < -0.4 is 40.0 Å². The van der Waals surface area contributed by atoms with Gasteiger partial charge in [0.15, 0.2) is 11.1 Å². The van der Waals surface area contributed by atoms with Crippen molar-refractivity contribution in [2.75, 3.05) is 12.8 Å². The van der Waals surface area contributed by atoms with E-state index < -0.39 is 11.1 Å². The molecule has 0 saturated heterocycles. The van der Waals surface area contributed by atoms with Crippen LogP contribution in [0.5, 0.6) is 5.75 Å². The fraction of sp³-hybridized carbons (Fsp3) is 0.143. The molecule has 0 fully saturated rings. The minimum absolute atomic E-state index is 0. The summed E-state index contributed by atoms with van der Waals surface area (Å²) >= 11 is -1.99. The predicted molar refractivity (Wildman–Crippen MR) is 47.6 cm³/mol. The molecule has 0 bridgehead atoms. The third-order valence-corrected chi connectivity index (χ3v) is 2.06. The normalized spacial score (nSPS) is 11.5. The quantitative estimate of drug-likeness (QED) is 0.336. The van der Waals surface area contributed by atoms with Crippen LogP contribution in [0.15, 0.2) is 23.1 Å². The molecule has 3 N–H and O–H groups in total. The van der Waals surface area contributed by atoms with Gasteiger partial charge in [0, 0.05) is 0 Å². The Morgan fingerprint density at radius 2 is 2.23 bits per heavy atom. The van der Waals surface area contributed by atoms with E-state index in [9.17, 15) is 4.21 Å². The maximum absolute atomic E-state index is 10.6. The first-order valence-corrected chi connectivity index (χ1v) is 4.30. The molecule has 0 spiro atoms. The zero-order valence-corrected chi connectivity index (χ0v) is 10.3. The van der Waals surface area contributed by atoms with E-state index in [0.29, 0.717) is 11.4 Å². The number of nitrogen functional groups attached to an aromatic ring is 1. The Bertz CT molecular complexity index is 324. The molecule has 0 radical (unpaired) electrons. The monoisotopic (exact) mass is 211 g/mol. The summed E-state index contributed by atoms with van der Waals surface area (Å²) in [7, 11) is 1.49. The van der Waals surface area contributed by atoms with Crippen molar-refractivity contribution >= 4 is 16.8 Å². The first-order chi connectivity index (χ1) is 5.65. The molecule has 0 saturated carbocycles. The molecule has 1 aromatic rings. The molecule has 1 aromatic carbocycles. The van der Waals surface area contributed by atoms with E-state index in [1.807, 2.05) is 0 Å². The van der Waals surface area contributed by atoms with Gasteiger partial charge in [0.25, 0.3) is 0 Å². The van der Waals surface area contributed by atoms with Crippen LogP contribution in [0, 0.1) is 0 Å². The van der Waals surface area contributed by atoms with E-state index in [1.165, 1.54) is 19.2 Å². The van der Waals surface area contributed by atoms with Crippen LogP contribution >= 0.6 is 0 Å². The molecule has 1 rings (SSSR count). The Kier molecular flexibility index (Phi) is 5.59. The first kappa shape index (κ1) is 12.9. The smallest absolute Gasteiger partial charge is 1.00 e. The summed E-state index contributed by atoms with van der Waals surface area (Å²) in [5, 5.41) is 0. The molecule has 1 unspecified atom stereocenters. The summed E-state index contributed by atoms with van der Waals surface area (Å²) in [5.74, 6) is 0.504. The van der Waals surface area contributed by atoms with E-state index in [1.54, 1.807) is 6.07 Å². The van der Waals surface area contributed by atoms with Gasteiger partial charge in [-0.1, -0.05) is 0 Å². The van der Waals surface area contributed by atoms with Crippen molar-refractivity contribution in [2.24, 2.45) is 0 Å². The third-order valence-electron chi connectivity index (χ3n) is 1.40. The predicted octanol–water partition coefficient (Wildman–Crippen LogP) is -2.03. The topological polar surface area (TPSA) is 72.5 Å². The van der Waals surface area contributed by atoms with Gasteiger partial charge in [-0.3, -0.25) is 0 Å². The van der Waals surface area contributed by atoms with Gasteiger partial charge in [0.2, 0.25) is 0 Å². The SMILES string of the molecule is COc1ccc(S(=O)O)cc1N.[H-].[Na+]. The Morgan fingerprint density at radius 1 is 1.62 bits per heavy atom. The molecular weight excluding hydrogens is 201 g/mol. The average molecular weight is 211 g/mol. The Hall–Kier alpha value is -0.0700. The zero-order valence-electron chi connectivity index (χ0n) is 8.48. The van der Waals surface area contributed by atoms with Crippen molar-refractivity contribution in [3.05, 3.63) is 18.2 Å². The zero-order chi connectivity index (χ0) is 9.14. The number of anilines is 1.